The van der Waals surface area contributed by atoms with Crippen molar-refractivity contribution >= 4 is 46.3 Å². The van der Waals surface area contributed by atoms with Crippen molar-refractivity contribution in [1.29, 1.82) is 0 Å². The smallest absolute Gasteiger partial charge is 0.300 e. The van der Waals surface area contributed by atoms with Crippen molar-refractivity contribution in [3.8, 4) is 17.2 Å². The van der Waals surface area contributed by atoms with Gasteiger partial charge in [0, 0.05) is 17.3 Å². The number of amides is 1. The number of carbonyl (C=O) groups excluding carboxylic acids is 2. The van der Waals surface area contributed by atoms with Gasteiger partial charge in [-0.1, -0.05) is 29.3 Å². The molecule has 4 rings (SSSR count). The molecule has 1 heterocycles. The summed E-state index contributed by atoms with van der Waals surface area (Å²) in [6, 6.07) is 8.83. The van der Waals surface area contributed by atoms with Crippen molar-refractivity contribution in [3.63, 3.8) is 0 Å². The molecule has 0 radical (unpaired) electrons. The Morgan fingerprint density at radius 1 is 0.947 bits per heavy atom. The van der Waals surface area contributed by atoms with E-state index in [-0.39, 0.29) is 39.2 Å². The minimum atomic E-state index is -1.26. The standard InChI is InChI=1S/C27H21Cl2F2NO6/c1-4-38-21-11-13(5-8-20(21)36-2)23-22(24(33)14-9-16(28)26(37-3)17(29)10-14)25(34)27(35)32(23)15-6-7-18(30)19(31)12-15/h5-12,23,33H,4H2,1-3H3/b24-22+. The molecule has 0 saturated carbocycles. The van der Waals surface area contributed by atoms with Gasteiger partial charge in [0.25, 0.3) is 11.7 Å². The summed E-state index contributed by atoms with van der Waals surface area (Å²) >= 11 is 12.5. The van der Waals surface area contributed by atoms with Crippen LogP contribution in [0.3, 0.4) is 0 Å². The fourth-order valence-corrected chi connectivity index (χ4v) is 4.87. The highest BCUT2D eigenvalue weighted by molar-refractivity contribution is 6.51. The SMILES string of the molecule is CCOc1cc(C2/C(=C(\O)c3cc(Cl)c(OC)c(Cl)c3)C(=O)C(=O)N2c2ccc(F)c(F)c2)ccc1OC. The van der Waals surface area contributed by atoms with Crippen LogP contribution in [0.4, 0.5) is 14.5 Å². The van der Waals surface area contributed by atoms with E-state index in [1.165, 1.54) is 32.4 Å². The maximum atomic E-state index is 14.2. The first kappa shape index (κ1) is 27.2. The molecule has 1 aliphatic heterocycles. The number of nitrogens with zero attached hydrogens (tertiary/aromatic N) is 1. The largest absolute Gasteiger partial charge is 0.507 e. The third-order valence-corrected chi connectivity index (χ3v) is 6.47. The highest BCUT2D eigenvalue weighted by Gasteiger charge is 2.47. The van der Waals surface area contributed by atoms with E-state index in [0.29, 0.717) is 17.1 Å². The Morgan fingerprint density at radius 3 is 2.21 bits per heavy atom. The van der Waals surface area contributed by atoms with Crippen molar-refractivity contribution < 1.29 is 37.7 Å². The second kappa shape index (κ2) is 10.9. The van der Waals surface area contributed by atoms with Gasteiger partial charge >= 0.3 is 0 Å². The zero-order valence-electron chi connectivity index (χ0n) is 20.4. The number of anilines is 1. The minimum Gasteiger partial charge on any atom is -0.507 e. The van der Waals surface area contributed by atoms with Crippen LogP contribution in [0.25, 0.3) is 5.76 Å². The van der Waals surface area contributed by atoms with E-state index >= 15 is 0 Å². The molecule has 3 aromatic rings. The predicted octanol–water partition coefficient (Wildman–Crippen LogP) is 6.31. The van der Waals surface area contributed by atoms with Crippen LogP contribution in [-0.4, -0.2) is 37.6 Å². The summed E-state index contributed by atoms with van der Waals surface area (Å²) in [6.07, 6.45) is 0. The number of ether oxygens (including phenoxy) is 3. The van der Waals surface area contributed by atoms with E-state index in [1.807, 2.05) is 0 Å². The van der Waals surface area contributed by atoms with Gasteiger partial charge in [-0.15, -0.1) is 0 Å². The molecule has 0 aliphatic carbocycles. The summed E-state index contributed by atoms with van der Waals surface area (Å²) in [5, 5.41) is 11.4. The molecule has 198 valence electrons. The number of methoxy groups -OCH3 is 2. The summed E-state index contributed by atoms with van der Waals surface area (Å²) in [7, 11) is 2.81. The second-order valence-electron chi connectivity index (χ2n) is 8.08. The lowest BCUT2D eigenvalue weighted by Crippen LogP contribution is -2.29. The van der Waals surface area contributed by atoms with E-state index in [2.05, 4.69) is 0 Å². The van der Waals surface area contributed by atoms with E-state index in [0.717, 1.165) is 23.1 Å². The Balaban J connectivity index is 2.00. The first-order valence-electron chi connectivity index (χ1n) is 11.2. The first-order valence-corrected chi connectivity index (χ1v) is 12.0. The summed E-state index contributed by atoms with van der Waals surface area (Å²) in [5.41, 5.74) is -0.0719. The number of Topliss-reactive ketones (excluding diaryl/α,β-unsaturated/α-hetero) is 1. The van der Waals surface area contributed by atoms with Crippen LogP contribution < -0.4 is 19.1 Å². The van der Waals surface area contributed by atoms with Gasteiger partial charge < -0.3 is 19.3 Å². The minimum absolute atomic E-state index is 0.0348. The maximum Gasteiger partial charge on any atom is 0.300 e. The number of halogens is 4. The lowest BCUT2D eigenvalue weighted by Gasteiger charge is -2.26. The average Bonchev–Trinajstić information content (AvgIpc) is 3.15. The number of benzene rings is 3. The van der Waals surface area contributed by atoms with E-state index in [9.17, 15) is 23.5 Å². The van der Waals surface area contributed by atoms with Gasteiger partial charge in [0.1, 0.15) is 5.76 Å². The van der Waals surface area contributed by atoms with Crippen LogP contribution in [0.5, 0.6) is 17.2 Å². The van der Waals surface area contributed by atoms with Crippen molar-refractivity contribution in [1.82, 2.24) is 0 Å². The monoisotopic (exact) mass is 563 g/mol. The third-order valence-electron chi connectivity index (χ3n) is 5.90. The van der Waals surface area contributed by atoms with Crippen LogP contribution in [0, 0.1) is 11.6 Å². The van der Waals surface area contributed by atoms with Gasteiger partial charge in [0.15, 0.2) is 28.9 Å². The lowest BCUT2D eigenvalue weighted by molar-refractivity contribution is -0.132. The van der Waals surface area contributed by atoms with Gasteiger partial charge in [-0.05, 0) is 48.9 Å². The Kier molecular flexibility index (Phi) is 7.80. The van der Waals surface area contributed by atoms with Crippen LogP contribution in [0.2, 0.25) is 10.0 Å². The molecule has 0 aromatic heterocycles. The van der Waals surface area contributed by atoms with E-state index < -0.39 is 35.1 Å². The molecule has 1 atom stereocenters. The van der Waals surface area contributed by atoms with Gasteiger partial charge in [-0.3, -0.25) is 14.5 Å². The molecule has 1 unspecified atom stereocenters. The van der Waals surface area contributed by atoms with Crippen molar-refractivity contribution in [3.05, 3.63) is 86.9 Å². The zero-order chi connectivity index (χ0) is 27.7. The normalized spacial score (nSPS) is 16.6. The average molecular weight is 564 g/mol. The van der Waals surface area contributed by atoms with Gasteiger partial charge in [0.2, 0.25) is 0 Å². The number of rotatable bonds is 7. The topological polar surface area (TPSA) is 85.3 Å². The molecule has 7 nitrogen and oxygen atoms in total. The first-order chi connectivity index (χ1) is 18.1. The van der Waals surface area contributed by atoms with Gasteiger partial charge in [-0.25, -0.2) is 8.78 Å². The summed E-state index contributed by atoms with van der Waals surface area (Å²) in [4.78, 5) is 27.6. The third kappa shape index (κ3) is 4.75. The molecular formula is C27H21Cl2F2NO6. The number of aliphatic hydroxyl groups is 1. The van der Waals surface area contributed by atoms with E-state index in [1.54, 1.807) is 19.1 Å². The van der Waals surface area contributed by atoms with Crippen molar-refractivity contribution in [2.24, 2.45) is 0 Å². The maximum absolute atomic E-state index is 14.2. The summed E-state index contributed by atoms with van der Waals surface area (Å²) in [5.74, 6) is -4.22. The second-order valence-corrected chi connectivity index (χ2v) is 8.90. The molecule has 3 aromatic carbocycles. The molecule has 11 heteroatoms. The molecule has 1 N–H and O–H groups in total. The van der Waals surface area contributed by atoms with Crippen molar-refractivity contribution in [2.45, 2.75) is 13.0 Å². The van der Waals surface area contributed by atoms with E-state index in [4.69, 9.17) is 37.4 Å². The molecule has 0 bridgehead atoms. The highest BCUT2D eigenvalue weighted by atomic mass is 35.5. The molecular weight excluding hydrogens is 543 g/mol. The van der Waals surface area contributed by atoms with Gasteiger partial charge in [0.05, 0.1) is 42.5 Å². The van der Waals surface area contributed by atoms with Crippen molar-refractivity contribution in [2.75, 3.05) is 25.7 Å². The number of hydrogen-bond acceptors (Lipinski definition) is 6. The van der Waals surface area contributed by atoms with Crippen LogP contribution >= 0.6 is 23.2 Å². The molecule has 1 saturated heterocycles. The van der Waals surface area contributed by atoms with Crippen LogP contribution in [-0.2, 0) is 9.59 Å². The molecule has 38 heavy (non-hydrogen) atoms. The Labute approximate surface area is 226 Å². The Hall–Kier alpha value is -3.82. The number of aliphatic hydroxyl groups excluding tert-OH is 1. The zero-order valence-corrected chi connectivity index (χ0v) is 21.9. The predicted molar refractivity (Wildman–Crippen MR) is 138 cm³/mol. The quantitative estimate of drug-likeness (QED) is 0.206. The Morgan fingerprint density at radius 2 is 1.63 bits per heavy atom. The summed E-state index contributed by atoms with van der Waals surface area (Å²) < 4.78 is 44.0. The summed E-state index contributed by atoms with van der Waals surface area (Å²) in [6.45, 7) is 2.04. The van der Waals surface area contributed by atoms with Gasteiger partial charge in [-0.2, -0.15) is 0 Å². The van der Waals surface area contributed by atoms with Crippen LogP contribution in [0.15, 0.2) is 54.1 Å². The molecule has 1 fully saturated rings. The molecule has 0 spiro atoms. The number of hydrogen-bond donors (Lipinski definition) is 1. The fraction of sp³-hybridized carbons (Fsp3) is 0.185. The lowest BCUT2D eigenvalue weighted by atomic mass is 9.94. The van der Waals surface area contributed by atoms with Crippen LogP contribution in [0.1, 0.15) is 24.1 Å². The Bertz CT molecular complexity index is 1450. The fourth-order valence-electron chi connectivity index (χ4n) is 4.23. The molecule has 1 amide bonds. The number of ketones is 1. The molecule has 1 aliphatic rings. The number of carbonyl (C=O) groups is 2. The highest BCUT2D eigenvalue weighted by Crippen LogP contribution is 2.45.